The number of nitrogens with two attached hydrogens (primary N) is 1. The standard InChI is InChI=1S/C20H18F4N4O2S.C2HF3O2/c21-15-8-11(4-6-14(15)20(22,23)24)3-5-13-9-16(28-19(25)30)17(31-13)18(29)27-12-2-1-7-26-10-12;3-2(4,5)1(6)7/h4,6,8-9,12,26H,1-2,7,10H2,(H,27,29)(H3,25,28,30);(H,6,7)/t12-;/m0./s1. The van der Waals surface area contributed by atoms with Crippen molar-refractivity contribution in [1.82, 2.24) is 10.6 Å². The molecular weight excluding hydrogens is 549 g/mol. The summed E-state index contributed by atoms with van der Waals surface area (Å²) >= 11 is 0.979. The molecule has 6 N–H and O–H groups in total. The molecule has 1 atom stereocenters. The molecule has 1 saturated heterocycles. The summed E-state index contributed by atoms with van der Waals surface area (Å²) in [5.41, 5.74) is 3.98. The van der Waals surface area contributed by atoms with Gasteiger partial charge in [0.25, 0.3) is 5.91 Å². The lowest BCUT2D eigenvalue weighted by Crippen LogP contribution is -2.45. The quantitative estimate of drug-likeness (QED) is 0.283. The smallest absolute Gasteiger partial charge is 0.475 e. The van der Waals surface area contributed by atoms with E-state index >= 15 is 0 Å². The molecule has 0 saturated carbocycles. The van der Waals surface area contributed by atoms with Gasteiger partial charge in [0.15, 0.2) is 0 Å². The summed E-state index contributed by atoms with van der Waals surface area (Å²) in [6.07, 6.45) is -8.15. The van der Waals surface area contributed by atoms with E-state index in [0.29, 0.717) is 23.6 Å². The first-order valence-electron chi connectivity index (χ1n) is 10.5. The second-order valence-corrected chi connectivity index (χ2v) is 8.66. The van der Waals surface area contributed by atoms with Crippen molar-refractivity contribution in [1.29, 1.82) is 0 Å². The fraction of sp³-hybridized carbons (Fsp3) is 0.318. The molecule has 0 bridgehead atoms. The number of hydrogen-bond donors (Lipinski definition) is 5. The maximum absolute atomic E-state index is 13.7. The van der Waals surface area contributed by atoms with Gasteiger partial charge in [-0.3, -0.25) is 4.79 Å². The summed E-state index contributed by atoms with van der Waals surface area (Å²) in [4.78, 5) is 33.4. The highest BCUT2D eigenvalue weighted by Gasteiger charge is 2.38. The number of carboxylic acid groups (broad SMARTS) is 1. The van der Waals surface area contributed by atoms with Crippen molar-refractivity contribution in [2.75, 3.05) is 18.4 Å². The predicted octanol–water partition coefficient (Wildman–Crippen LogP) is 3.91. The molecule has 0 unspecified atom stereocenters. The minimum atomic E-state index is -5.08. The average Bonchev–Trinajstić information content (AvgIpc) is 3.19. The number of primary amides is 1. The molecular formula is C22H19F7N4O4S. The number of hydrogen-bond acceptors (Lipinski definition) is 5. The molecule has 1 aliphatic rings. The molecule has 2 heterocycles. The van der Waals surface area contributed by atoms with Crippen molar-refractivity contribution >= 4 is 34.9 Å². The highest BCUT2D eigenvalue weighted by Crippen LogP contribution is 2.31. The summed E-state index contributed by atoms with van der Waals surface area (Å²) < 4.78 is 83.4. The first kappa shape index (κ1) is 30.4. The minimum absolute atomic E-state index is 0.0302. The summed E-state index contributed by atoms with van der Waals surface area (Å²) in [5, 5.41) is 15.5. The number of carbonyl (C=O) groups excluding carboxylic acids is 2. The first-order chi connectivity index (χ1) is 17.6. The molecule has 0 radical (unpaired) electrons. The number of urea groups is 1. The maximum Gasteiger partial charge on any atom is 0.490 e. The zero-order valence-electron chi connectivity index (χ0n) is 19.0. The fourth-order valence-electron chi connectivity index (χ4n) is 3.03. The number of rotatable bonds is 3. The van der Waals surface area contributed by atoms with Gasteiger partial charge in [-0.1, -0.05) is 11.8 Å². The molecule has 2 aromatic rings. The summed E-state index contributed by atoms with van der Waals surface area (Å²) in [6.45, 7) is 1.51. The number of halogens is 7. The van der Waals surface area contributed by atoms with Crippen LogP contribution in [-0.4, -0.2) is 48.3 Å². The van der Waals surface area contributed by atoms with Crippen LogP contribution in [0.5, 0.6) is 0 Å². The number of amides is 3. The van der Waals surface area contributed by atoms with Crippen LogP contribution in [0, 0.1) is 17.7 Å². The Morgan fingerprint density at radius 1 is 1.11 bits per heavy atom. The number of alkyl halides is 6. The molecule has 0 spiro atoms. The van der Waals surface area contributed by atoms with Crippen molar-refractivity contribution in [2.45, 2.75) is 31.2 Å². The highest BCUT2D eigenvalue weighted by molar-refractivity contribution is 7.15. The predicted molar refractivity (Wildman–Crippen MR) is 122 cm³/mol. The van der Waals surface area contributed by atoms with Gasteiger partial charge in [-0.25, -0.2) is 14.0 Å². The SMILES string of the molecule is NC(=O)Nc1cc(C#Cc2ccc(C(F)(F)F)c(F)c2)sc1C(=O)N[C@H]1CCCNC1.O=C(O)C(F)(F)F. The lowest BCUT2D eigenvalue weighted by atomic mass is 10.1. The van der Waals surface area contributed by atoms with Crippen LogP contribution in [0.25, 0.3) is 0 Å². The molecule has 3 amide bonds. The number of nitrogens with one attached hydrogen (secondary N) is 3. The Labute approximate surface area is 214 Å². The summed E-state index contributed by atoms with van der Waals surface area (Å²) in [6, 6.07) is 2.86. The topological polar surface area (TPSA) is 134 Å². The Morgan fingerprint density at radius 2 is 1.76 bits per heavy atom. The van der Waals surface area contributed by atoms with Crippen molar-refractivity contribution in [3.8, 4) is 11.8 Å². The minimum Gasteiger partial charge on any atom is -0.475 e. The third-order valence-electron chi connectivity index (χ3n) is 4.68. The van der Waals surface area contributed by atoms with Crippen molar-refractivity contribution < 1.29 is 50.2 Å². The monoisotopic (exact) mass is 568 g/mol. The molecule has 1 aromatic carbocycles. The third kappa shape index (κ3) is 9.23. The number of thiophene rings is 1. The second kappa shape index (κ2) is 12.6. The van der Waals surface area contributed by atoms with E-state index < -0.39 is 41.6 Å². The van der Waals surface area contributed by atoms with Gasteiger partial charge < -0.3 is 26.8 Å². The van der Waals surface area contributed by atoms with Gasteiger partial charge in [0, 0.05) is 18.2 Å². The normalized spacial score (nSPS) is 15.3. The van der Waals surface area contributed by atoms with E-state index in [1.165, 1.54) is 6.07 Å². The zero-order valence-corrected chi connectivity index (χ0v) is 19.8. The van der Waals surface area contributed by atoms with E-state index in [-0.39, 0.29) is 22.2 Å². The molecule has 3 rings (SSSR count). The van der Waals surface area contributed by atoms with Crippen LogP contribution in [-0.2, 0) is 11.0 Å². The second-order valence-electron chi connectivity index (χ2n) is 7.60. The highest BCUT2D eigenvalue weighted by atomic mass is 32.1. The fourth-order valence-corrected chi connectivity index (χ4v) is 3.90. The molecule has 1 aromatic heterocycles. The van der Waals surface area contributed by atoms with Crippen LogP contribution >= 0.6 is 11.3 Å². The van der Waals surface area contributed by atoms with Gasteiger partial charge in [-0.15, -0.1) is 11.3 Å². The van der Waals surface area contributed by atoms with Gasteiger partial charge in [-0.2, -0.15) is 26.3 Å². The number of piperidine rings is 1. The number of carbonyl (C=O) groups is 3. The molecule has 38 heavy (non-hydrogen) atoms. The Morgan fingerprint density at radius 3 is 2.26 bits per heavy atom. The lowest BCUT2D eigenvalue weighted by molar-refractivity contribution is -0.192. The van der Waals surface area contributed by atoms with E-state index in [2.05, 4.69) is 27.8 Å². The Hall–Kier alpha value is -3.84. The summed E-state index contributed by atoms with van der Waals surface area (Å²) in [7, 11) is 0. The summed E-state index contributed by atoms with van der Waals surface area (Å²) in [5.74, 6) is 0.646. The number of anilines is 1. The Kier molecular flexibility index (Phi) is 10.1. The number of aliphatic carboxylic acids is 1. The van der Waals surface area contributed by atoms with Crippen molar-refractivity contribution in [3.63, 3.8) is 0 Å². The average molecular weight is 568 g/mol. The van der Waals surface area contributed by atoms with Crippen LogP contribution in [0.2, 0.25) is 0 Å². The van der Waals surface area contributed by atoms with E-state index in [1.54, 1.807) is 0 Å². The number of benzene rings is 1. The largest absolute Gasteiger partial charge is 0.490 e. The van der Waals surface area contributed by atoms with Gasteiger partial charge in [0.2, 0.25) is 0 Å². The van der Waals surface area contributed by atoms with Gasteiger partial charge >= 0.3 is 24.4 Å². The molecule has 16 heteroatoms. The van der Waals surface area contributed by atoms with E-state index in [4.69, 9.17) is 15.6 Å². The van der Waals surface area contributed by atoms with Crippen LogP contribution in [0.15, 0.2) is 24.3 Å². The Balaban J connectivity index is 0.000000638. The van der Waals surface area contributed by atoms with Gasteiger partial charge in [0.1, 0.15) is 10.7 Å². The van der Waals surface area contributed by atoms with Crippen LogP contribution < -0.4 is 21.7 Å². The maximum atomic E-state index is 13.7. The van der Waals surface area contributed by atoms with E-state index in [1.807, 2.05) is 0 Å². The van der Waals surface area contributed by atoms with E-state index in [0.717, 1.165) is 36.8 Å². The zero-order chi connectivity index (χ0) is 28.7. The van der Waals surface area contributed by atoms with E-state index in [9.17, 15) is 40.3 Å². The van der Waals surface area contributed by atoms with Gasteiger partial charge in [0.05, 0.1) is 16.1 Å². The van der Waals surface area contributed by atoms with Crippen LogP contribution in [0.4, 0.5) is 41.2 Å². The molecule has 8 nitrogen and oxygen atoms in total. The molecule has 1 fully saturated rings. The molecule has 1 aliphatic heterocycles. The van der Waals surface area contributed by atoms with Crippen molar-refractivity contribution in [3.05, 3.63) is 51.0 Å². The Bertz CT molecular complexity index is 1240. The van der Waals surface area contributed by atoms with Crippen LogP contribution in [0.3, 0.4) is 0 Å². The first-order valence-corrected chi connectivity index (χ1v) is 11.3. The number of carboxylic acids is 1. The third-order valence-corrected chi connectivity index (χ3v) is 5.72. The van der Waals surface area contributed by atoms with Crippen molar-refractivity contribution in [2.24, 2.45) is 5.73 Å². The molecule has 206 valence electrons. The van der Waals surface area contributed by atoms with Crippen LogP contribution in [0.1, 0.15) is 38.5 Å². The van der Waals surface area contributed by atoms with Gasteiger partial charge in [-0.05, 0) is 43.7 Å². The lowest BCUT2D eigenvalue weighted by Gasteiger charge is -2.23. The molecule has 0 aliphatic carbocycles.